The van der Waals surface area contributed by atoms with Gasteiger partial charge in [-0.3, -0.25) is 4.79 Å². The summed E-state index contributed by atoms with van der Waals surface area (Å²) in [5, 5.41) is 2.82. The molecule has 1 rings (SSSR count). The number of hydrogen-bond acceptors (Lipinski definition) is 3. The van der Waals surface area contributed by atoms with Crippen LogP contribution in [0.15, 0.2) is 30.3 Å². The molecule has 0 fully saturated rings. The average molecular weight is 264 g/mol. The minimum atomic E-state index is -0.517. The van der Waals surface area contributed by atoms with Crippen molar-refractivity contribution in [2.75, 3.05) is 6.54 Å². The van der Waals surface area contributed by atoms with Gasteiger partial charge >= 0.3 is 0 Å². The van der Waals surface area contributed by atoms with Gasteiger partial charge < -0.3 is 15.8 Å². The summed E-state index contributed by atoms with van der Waals surface area (Å²) in [7, 11) is 0. The van der Waals surface area contributed by atoms with Crippen LogP contribution in [0, 0.1) is 5.41 Å². The quantitative estimate of drug-likeness (QED) is 0.854. The van der Waals surface area contributed by atoms with Gasteiger partial charge in [0.1, 0.15) is 11.9 Å². The van der Waals surface area contributed by atoms with Crippen molar-refractivity contribution in [2.24, 2.45) is 11.1 Å². The zero-order valence-corrected chi connectivity index (χ0v) is 12.1. The Bertz CT molecular complexity index is 398. The lowest BCUT2D eigenvalue weighted by atomic mass is 9.87. The number of amides is 1. The van der Waals surface area contributed by atoms with Gasteiger partial charge in [0, 0.05) is 0 Å². The van der Waals surface area contributed by atoms with E-state index in [-0.39, 0.29) is 17.4 Å². The fourth-order valence-electron chi connectivity index (χ4n) is 1.52. The van der Waals surface area contributed by atoms with Gasteiger partial charge in [0.15, 0.2) is 0 Å². The van der Waals surface area contributed by atoms with Crippen LogP contribution in [0.5, 0.6) is 5.75 Å². The highest BCUT2D eigenvalue weighted by Gasteiger charge is 2.27. The smallest absolute Gasteiger partial charge is 0.237 e. The number of rotatable bonds is 5. The molecule has 3 N–H and O–H groups in total. The molecular formula is C15H24N2O2. The van der Waals surface area contributed by atoms with Crippen LogP contribution in [0.1, 0.15) is 27.7 Å². The molecule has 0 saturated carbocycles. The van der Waals surface area contributed by atoms with Crippen LogP contribution in [0.3, 0.4) is 0 Å². The molecule has 0 aliphatic carbocycles. The SMILES string of the molecule is CC(CNC(=O)[C@@H](N)C(C)(C)C)Oc1ccccc1. The van der Waals surface area contributed by atoms with Gasteiger partial charge in [0.2, 0.25) is 5.91 Å². The van der Waals surface area contributed by atoms with Crippen LogP contribution in [0.4, 0.5) is 0 Å². The van der Waals surface area contributed by atoms with E-state index < -0.39 is 6.04 Å². The van der Waals surface area contributed by atoms with Crippen LogP contribution >= 0.6 is 0 Å². The number of hydrogen-bond donors (Lipinski definition) is 2. The standard InChI is InChI=1S/C15H24N2O2/c1-11(19-12-8-6-5-7-9-12)10-17-14(18)13(16)15(2,3)4/h5-9,11,13H,10,16H2,1-4H3,(H,17,18)/t11?,13-/m1/s1. The van der Waals surface area contributed by atoms with E-state index in [1.807, 2.05) is 58.0 Å². The van der Waals surface area contributed by atoms with Crippen molar-refractivity contribution in [1.82, 2.24) is 5.32 Å². The second-order valence-corrected chi connectivity index (χ2v) is 5.83. The van der Waals surface area contributed by atoms with Crippen molar-refractivity contribution in [1.29, 1.82) is 0 Å². The third kappa shape index (κ3) is 5.30. The molecule has 0 aromatic heterocycles. The number of carbonyl (C=O) groups is 1. The van der Waals surface area contributed by atoms with Crippen LogP contribution in [0.2, 0.25) is 0 Å². The predicted octanol–water partition coefficient (Wildman–Crippen LogP) is 1.94. The van der Waals surface area contributed by atoms with Gasteiger partial charge in [-0.1, -0.05) is 39.0 Å². The Morgan fingerprint density at radius 3 is 2.42 bits per heavy atom. The zero-order valence-electron chi connectivity index (χ0n) is 12.1. The molecule has 1 amide bonds. The van der Waals surface area contributed by atoms with E-state index in [0.29, 0.717) is 6.54 Å². The Hall–Kier alpha value is -1.55. The van der Waals surface area contributed by atoms with Crippen LogP contribution in [-0.2, 0) is 4.79 Å². The third-order valence-electron chi connectivity index (χ3n) is 2.86. The summed E-state index contributed by atoms with van der Waals surface area (Å²) in [5.41, 5.74) is 5.64. The molecule has 19 heavy (non-hydrogen) atoms. The van der Waals surface area contributed by atoms with Gasteiger partial charge in [-0.25, -0.2) is 0 Å². The first-order valence-electron chi connectivity index (χ1n) is 6.55. The largest absolute Gasteiger partial charge is 0.489 e. The zero-order chi connectivity index (χ0) is 14.5. The number of nitrogens with two attached hydrogens (primary N) is 1. The predicted molar refractivity (Wildman–Crippen MR) is 77.0 cm³/mol. The fourth-order valence-corrected chi connectivity index (χ4v) is 1.52. The lowest BCUT2D eigenvalue weighted by Crippen LogP contribution is -2.50. The maximum absolute atomic E-state index is 11.9. The highest BCUT2D eigenvalue weighted by Crippen LogP contribution is 2.17. The minimum Gasteiger partial charge on any atom is -0.489 e. The first-order valence-corrected chi connectivity index (χ1v) is 6.55. The van der Waals surface area contributed by atoms with Crippen LogP contribution < -0.4 is 15.8 Å². The number of benzene rings is 1. The summed E-state index contributed by atoms with van der Waals surface area (Å²) in [6, 6.07) is 9.02. The van der Waals surface area contributed by atoms with Crippen molar-refractivity contribution in [3.8, 4) is 5.75 Å². The Morgan fingerprint density at radius 1 is 1.32 bits per heavy atom. The van der Waals surface area contributed by atoms with E-state index in [4.69, 9.17) is 10.5 Å². The summed E-state index contributed by atoms with van der Waals surface area (Å²) in [4.78, 5) is 11.9. The molecule has 0 aliphatic rings. The number of carbonyl (C=O) groups excluding carboxylic acids is 1. The third-order valence-corrected chi connectivity index (χ3v) is 2.86. The molecule has 0 heterocycles. The second kappa shape index (κ2) is 6.57. The summed E-state index contributed by atoms with van der Waals surface area (Å²) < 4.78 is 5.67. The highest BCUT2D eigenvalue weighted by atomic mass is 16.5. The van der Waals surface area contributed by atoms with Crippen LogP contribution in [0.25, 0.3) is 0 Å². The van der Waals surface area contributed by atoms with E-state index in [9.17, 15) is 4.79 Å². The van der Waals surface area contributed by atoms with E-state index in [2.05, 4.69) is 5.32 Å². The summed E-state index contributed by atoms with van der Waals surface area (Å²) in [5.74, 6) is 0.653. The van der Waals surface area contributed by atoms with Crippen molar-refractivity contribution in [3.05, 3.63) is 30.3 Å². The normalized spacial score (nSPS) is 14.6. The molecule has 106 valence electrons. The van der Waals surface area contributed by atoms with Crippen molar-refractivity contribution < 1.29 is 9.53 Å². The fraction of sp³-hybridized carbons (Fsp3) is 0.533. The van der Waals surface area contributed by atoms with Gasteiger partial charge in [-0.2, -0.15) is 0 Å². The lowest BCUT2D eigenvalue weighted by Gasteiger charge is -2.26. The Balaban J connectivity index is 2.38. The molecule has 1 unspecified atom stereocenters. The average Bonchev–Trinajstić information content (AvgIpc) is 2.35. The van der Waals surface area contributed by atoms with Gasteiger partial charge in [-0.15, -0.1) is 0 Å². The highest BCUT2D eigenvalue weighted by molar-refractivity contribution is 5.82. The summed E-state index contributed by atoms with van der Waals surface area (Å²) >= 11 is 0. The number of para-hydroxylation sites is 1. The minimum absolute atomic E-state index is 0.0986. The molecule has 0 saturated heterocycles. The first kappa shape index (κ1) is 15.5. The Kier molecular flexibility index (Phi) is 5.36. The van der Waals surface area contributed by atoms with Crippen molar-refractivity contribution in [3.63, 3.8) is 0 Å². The monoisotopic (exact) mass is 264 g/mol. The van der Waals surface area contributed by atoms with Crippen molar-refractivity contribution in [2.45, 2.75) is 39.8 Å². The molecule has 2 atom stereocenters. The maximum atomic E-state index is 11.9. The second-order valence-electron chi connectivity index (χ2n) is 5.83. The molecular weight excluding hydrogens is 240 g/mol. The van der Waals surface area contributed by atoms with Crippen molar-refractivity contribution >= 4 is 5.91 Å². The topological polar surface area (TPSA) is 64.4 Å². The number of nitrogens with one attached hydrogen (secondary N) is 1. The molecule has 1 aromatic rings. The molecule has 0 radical (unpaired) electrons. The van der Waals surface area contributed by atoms with Crippen LogP contribution in [-0.4, -0.2) is 24.6 Å². The Morgan fingerprint density at radius 2 is 1.89 bits per heavy atom. The Labute approximate surface area is 115 Å². The van der Waals surface area contributed by atoms with E-state index in [0.717, 1.165) is 5.75 Å². The van der Waals surface area contributed by atoms with E-state index in [1.165, 1.54) is 0 Å². The maximum Gasteiger partial charge on any atom is 0.237 e. The number of ether oxygens (including phenoxy) is 1. The van der Waals surface area contributed by atoms with E-state index >= 15 is 0 Å². The van der Waals surface area contributed by atoms with Gasteiger partial charge in [-0.05, 0) is 24.5 Å². The first-order chi connectivity index (χ1) is 8.80. The molecule has 0 bridgehead atoms. The molecule has 0 aliphatic heterocycles. The molecule has 1 aromatic carbocycles. The van der Waals surface area contributed by atoms with Gasteiger partial charge in [0.05, 0.1) is 12.6 Å². The molecule has 4 heteroatoms. The summed E-state index contributed by atoms with van der Waals surface area (Å²) in [6.07, 6.45) is -0.0986. The lowest BCUT2D eigenvalue weighted by molar-refractivity contribution is -0.124. The molecule has 0 spiro atoms. The summed E-state index contributed by atoms with van der Waals surface area (Å²) in [6.45, 7) is 8.19. The van der Waals surface area contributed by atoms with Gasteiger partial charge in [0.25, 0.3) is 0 Å². The molecule has 4 nitrogen and oxygen atoms in total. The van der Waals surface area contributed by atoms with E-state index in [1.54, 1.807) is 0 Å².